The molecule has 0 atom stereocenters. The minimum atomic E-state index is -0.964. The van der Waals surface area contributed by atoms with E-state index in [2.05, 4.69) is 10.8 Å². The van der Waals surface area contributed by atoms with Crippen molar-refractivity contribution in [3.63, 3.8) is 0 Å². The van der Waals surface area contributed by atoms with Gasteiger partial charge in [-0.05, 0) is 100 Å². The number of likely N-dealkylation sites (tertiary alicyclic amines) is 1. The molecule has 0 spiro atoms. The largest absolute Gasteiger partial charge is 0.487 e. The first-order valence-electron chi connectivity index (χ1n) is 11.0. The van der Waals surface area contributed by atoms with Gasteiger partial charge in [0.15, 0.2) is 11.6 Å². The van der Waals surface area contributed by atoms with Gasteiger partial charge in [0, 0.05) is 11.1 Å². The van der Waals surface area contributed by atoms with Crippen LogP contribution in [-0.4, -0.2) is 42.3 Å². The second-order valence-electron chi connectivity index (χ2n) is 8.15. The first kappa shape index (κ1) is 23.5. The van der Waals surface area contributed by atoms with Crippen LogP contribution in [0.4, 0.5) is 4.39 Å². The lowest BCUT2D eigenvalue weighted by atomic mass is 10.1. The zero-order chi connectivity index (χ0) is 22.9. The van der Waals surface area contributed by atoms with Crippen molar-refractivity contribution in [1.29, 1.82) is 0 Å². The minimum Gasteiger partial charge on any atom is -0.487 e. The lowest BCUT2D eigenvalue weighted by Gasteiger charge is -2.14. The lowest BCUT2D eigenvalue weighted by molar-refractivity contribution is -0.114. The van der Waals surface area contributed by atoms with Crippen LogP contribution in [0.1, 0.15) is 53.6 Å². The van der Waals surface area contributed by atoms with Crippen molar-refractivity contribution in [1.82, 2.24) is 4.90 Å². The molecule has 2 aliphatic rings. The van der Waals surface area contributed by atoms with E-state index in [9.17, 15) is 14.0 Å². The quantitative estimate of drug-likeness (QED) is 0.389. The van der Waals surface area contributed by atoms with Crippen LogP contribution in [0, 0.1) is 18.2 Å². The van der Waals surface area contributed by atoms with Crippen molar-refractivity contribution in [2.75, 3.05) is 19.6 Å². The van der Waals surface area contributed by atoms with E-state index in [4.69, 9.17) is 16.9 Å². The van der Waals surface area contributed by atoms with Crippen LogP contribution in [-0.2, 0) is 11.2 Å². The molecule has 0 radical (unpaired) electrons. The number of ketones is 1. The molecule has 2 fully saturated rings. The highest BCUT2D eigenvalue weighted by atomic mass is 19.1. The topological polar surface area (TPSA) is 72.6 Å². The molecule has 1 aliphatic heterocycles. The molecular formula is C26H29FN2O3. The van der Waals surface area contributed by atoms with Gasteiger partial charge in [-0.1, -0.05) is 12.0 Å². The Morgan fingerprint density at radius 1 is 1.12 bits per heavy atom. The standard InChI is InChI=1S/C16H22FNO.C10H7NO2/c17-15-12-13(4-3-11-18-9-1-2-10-18)5-8-16(15)19-14-6-7-14;1-2-7-3-5-8(6-4-7)9(12)10(11)13/h5,8,12,14H,1-4,6-7,9-11H2;1,3-6H,(H2,11,13). The fraction of sp³-hybridized carbons (Fsp3) is 0.385. The number of terminal acetylenes is 1. The highest BCUT2D eigenvalue weighted by Crippen LogP contribution is 2.29. The number of carbonyl (C=O) groups is 2. The van der Waals surface area contributed by atoms with Gasteiger partial charge in [-0.25, -0.2) is 4.39 Å². The Morgan fingerprint density at radius 3 is 2.38 bits per heavy atom. The monoisotopic (exact) mass is 436 g/mol. The van der Waals surface area contributed by atoms with Crippen LogP contribution in [0.2, 0.25) is 0 Å². The number of hydrogen-bond acceptors (Lipinski definition) is 4. The Balaban J connectivity index is 0.000000195. The number of ether oxygens (including phenoxy) is 1. The summed E-state index contributed by atoms with van der Waals surface area (Å²) in [7, 11) is 0. The highest BCUT2D eigenvalue weighted by molar-refractivity contribution is 6.42. The number of carbonyl (C=O) groups excluding carboxylic acids is 2. The number of nitrogens with two attached hydrogens (primary N) is 1. The third-order valence-electron chi connectivity index (χ3n) is 5.49. The summed E-state index contributed by atoms with van der Waals surface area (Å²) in [4.78, 5) is 24.0. The number of aryl methyl sites for hydroxylation is 1. The van der Waals surface area contributed by atoms with Gasteiger partial charge < -0.3 is 15.4 Å². The summed E-state index contributed by atoms with van der Waals surface area (Å²) in [5.41, 5.74) is 6.80. The van der Waals surface area contributed by atoms with E-state index in [0.717, 1.165) is 37.8 Å². The average Bonchev–Trinajstić information content (AvgIpc) is 3.47. The van der Waals surface area contributed by atoms with Gasteiger partial charge in [0.05, 0.1) is 6.10 Å². The first-order chi connectivity index (χ1) is 15.5. The number of benzene rings is 2. The number of halogens is 1. The second kappa shape index (κ2) is 11.4. The maximum Gasteiger partial charge on any atom is 0.289 e. The maximum atomic E-state index is 13.8. The predicted octanol–water partition coefficient (Wildman–Crippen LogP) is 3.73. The molecule has 1 saturated heterocycles. The predicted molar refractivity (Wildman–Crippen MR) is 122 cm³/mol. The number of Topliss-reactive ketones (excluding diaryl/α,β-unsaturated/α-hetero) is 1. The number of amides is 1. The zero-order valence-electron chi connectivity index (χ0n) is 18.2. The van der Waals surface area contributed by atoms with Gasteiger partial charge >= 0.3 is 0 Å². The summed E-state index contributed by atoms with van der Waals surface area (Å²) < 4.78 is 19.3. The van der Waals surface area contributed by atoms with E-state index >= 15 is 0 Å². The van der Waals surface area contributed by atoms with Crippen molar-refractivity contribution in [2.45, 2.75) is 44.6 Å². The molecule has 5 nitrogen and oxygen atoms in total. The molecule has 1 aliphatic carbocycles. The summed E-state index contributed by atoms with van der Waals surface area (Å²) >= 11 is 0. The Kier molecular flexibility index (Phi) is 8.41. The molecule has 1 amide bonds. The molecule has 32 heavy (non-hydrogen) atoms. The van der Waals surface area contributed by atoms with Crippen LogP contribution in [0.3, 0.4) is 0 Å². The molecule has 0 bridgehead atoms. The van der Waals surface area contributed by atoms with Gasteiger partial charge in [0.2, 0.25) is 5.78 Å². The summed E-state index contributed by atoms with van der Waals surface area (Å²) in [5.74, 6) is 0.944. The Hall–Kier alpha value is -3.17. The Morgan fingerprint density at radius 2 is 1.81 bits per heavy atom. The van der Waals surface area contributed by atoms with Crippen molar-refractivity contribution in [2.24, 2.45) is 5.73 Å². The number of rotatable bonds is 8. The fourth-order valence-electron chi connectivity index (χ4n) is 3.53. The van der Waals surface area contributed by atoms with Gasteiger partial charge in [0.1, 0.15) is 0 Å². The van der Waals surface area contributed by atoms with Crippen molar-refractivity contribution in [3.8, 4) is 18.1 Å². The summed E-state index contributed by atoms with van der Waals surface area (Å²) in [6, 6.07) is 11.5. The molecule has 2 aromatic carbocycles. The summed E-state index contributed by atoms with van der Waals surface area (Å²) in [5, 5.41) is 0. The van der Waals surface area contributed by atoms with Crippen LogP contribution >= 0.6 is 0 Å². The minimum absolute atomic E-state index is 0.203. The zero-order valence-corrected chi connectivity index (χ0v) is 18.2. The van der Waals surface area contributed by atoms with E-state index < -0.39 is 11.7 Å². The Bertz CT molecular complexity index is 972. The summed E-state index contributed by atoms with van der Waals surface area (Å²) in [6.45, 7) is 3.62. The van der Waals surface area contributed by atoms with Crippen LogP contribution in [0.15, 0.2) is 42.5 Å². The SMILES string of the molecule is C#Cc1ccc(C(=O)C(N)=O)cc1.Fc1cc(CCCN2CCCC2)ccc1OC1CC1. The number of primary amides is 1. The van der Waals surface area contributed by atoms with Gasteiger partial charge in [-0.2, -0.15) is 0 Å². The molecule has 2 N–H and O–H groups in total. The van der Waals surface area contributed by atoms with Crippen molar-refractivity contribution >= 4 is 11.7 Å². The average molecular weight is 437 g/mol. The molecule has 0 unspecified atom stereocenters. The number of hydrogen-bond donors (Lipinski definition) is 1. The molecule has 168 valence electrons. The molecule has 1 saturated carbocycles. The molecular weight excluding hydrogens is 407 g/mol. The van der Waals surface area contributed by atoms with Crippen LogP contribution in [0.5, 0.6) is 5.75 Å². The Labute approximate surface area is 188 Å². The smallest absolute Gasteiger partial charge is 0.289 e. The molecule has 4 rings (SSSR count). The second-order valence-corrected chi connectivity index (χ2v) is 8.15. The van der Waals surface area contributed by atoms with E-state index in [0.29, 0.717) is 11.3 Å². The molecule has 1 heterocycles. The van der Waals surface area contributed by atoms with E-state index in [1.54, 1.807) is 24.3 Å². The molecule has 6 heteroatoms. The third-order valence-corrected chi connectivity index (χ3v) is 5.49. The van der Waals surface area contributed by atoms with Crippen molar-refractivity contribution < 1.29 is 18.7 Å². The van der Waals surface area contributed by atoms with Crippen LogP contribution < -0.4 is 10.5 Å². The summed E-state index contributed by atoms with van der Waals surface area (Å²) in [6.07, 6.45) is 12.2. The van der Waals surface area contributed by atoms with E-state index in [-0.39, 0.29) is 17.5 Å². The van der Waals surface area contributed by atoms with Gasteiger partial charge in [-0.15, -0.1) is 6.42 Å². The maximum absolute atomic E-state index is 13.8. The lowest BCUT2D eigenvalue weighted by Crippen LogP contribution is -2.22. The third kappa shape index (κ3) is 7.21. The van der Waals surface area contributed by atoms with Gasteiger partial charge in [0.25, 0.3) is 5.91 Å². The van der Waals surface area contributed by atoms with Crippen molar-refractivity contribution in [3.05, 3.63) is 65.0 Å². The van der Waals surface area contributed by atoms with Crippen LogP contribution in [0.25, 0.3) is 0 Å². The van der Waals surface area contributed by atoms with E-state index in [1.165, 1.54) is 38.1 Å². The molecule has 0 aromatic heterocycles. The van der Waals surface area contributed by atoms with Gasteiger partial charge in [-0.3, -0.25) is 9.59 Å². The normalized spacial score (nSPS) is 15.4. The van der Waals surface area contributed by atoms with E-state index in [1.807, 2.05) is 6.07 Å². The first-order valence-corrected chi connectivity index (χ1v) is 11.0. The number of nitrogens with zero attached hydrogens (tertiary/aromatic N) is 1. The molecule has 2 aromatic rings. The fourth-order valence-corrected chi connectivity index (χ4v) is 3.53. The highest BCUT2D eigenvalue weighted by Gasteiger charge is 2.24.